The summed E-state index contributed by atoms with van der Waals surface area (Å²) in [4.78, 5) is 0. The Kier molecular flexibility index (Phi) is 8.78. The topological polar surface area (TPSA) is 60.4 Å². The Balaban J connectivity index is 0. The van der Waals surface area contributed by atoms with Crippen LogP contribution in [0.15, 0.2) is 0 Å². The molecule has 0 aromatic heterocycles. The van der Waals surface area contributed by atoms with Gasteiger partial charge < -0.3 is 9.11 Å². The fraction of sp³-hybridized carbons (Fsp3) is 0. The molecule has 1 atom stereocenters. The summed E-state index contributed by atoms with van der Waals surface area (Å²) in [5.41, 5.74) is 0. The molecule has 1 unspecified atom stereocenters. The van der Waals surface area contributed by atoms with Crippen LogP contribution in [0.2, 0.25) is 0 Å². The molecule has 0 amide bonds. The van der Waals surface area contributed by atoms with E-state index in [1.54, 1.807) is 0 Å². The Hall–Kier alpha value is 0.758. The summed E-state index contributed by atoms with van der Waals surface area (Å²) in [6.07, 6.45) is 0. The third kappa shape index (κ3) is 63.0. The van der Waals surface area contributed by atoms with Gasteiger partial charge in [0.25, 0.3) is 0 Å². The van der Waals surface area contributed by atoms with E-state index in [0.717, 1.165) is 0 Å². The molecule has 1 N–H and O–H groups in total. The Bertz CT molecular complexity index is 29.9. The van der Waals surface area contributed by atoms with Crippen LogP contribution in [-0.4, -0.2) is 13.3 Å². The average molecular weight is 177 g/mol. The maximum absolute atomic E-state index is 8.56. The number of hydrogen-bond donors (Lipinski definition) is 1. The van der Waals surface area contributed by atoms with Crippen LogP contribution in [0.4, 0.5) is 0 Å². The van der Waals surface area contributed by atoms with Gasteiger partial charge in [0.2, 0.25) is 0 Å². The third-order valence-corrected chi connectivity index (χ3v) is 0. The zero-order chi connectivity index (χ0) is 3.58. The van der Waals surface area contributed by atoms with E-state index >= 15 is 0 Å². The minimum atomic E-state index is -2.86. The van der Waals surface area contributed by atoms with Gasteiger partial charge in [-0.05, 0) is 0 Å². The van der Waals surface area contributed by atoms with Crippen LogP contribution in [0, 0.1) is 0 Å². The Morgan fingerprint density at radius 1 is 1.80 bits per heavy atom. The minimum absolute atomic E-state index is 0. The Morgan fingerprint density at radius 2 is 1.80 bits per heavy atom. The van der Waals surface area contributed by atoms with Crippen molar-refractivity contribution in [1.82, 2.24) is 0 Å². The average Bonchev–Trinajstić information content (AvgIpc) is 0.811. The Labute approximate surface area is 46.1 Å². The molecule has 32 valence electrons. The van der Waals surface area contributed by atoms with Crippen LogP contribution < -0.4 is 0 Å². The second kappa shape index (κ2) is 4.76. The van der Waals surface area contributed by atoms with Crippen molar-refractivity contribution >= 4 is 11.4 Å². The molecule has 0 radical (unpaired) electrons. The predicted octanol–water partition coefficient (Wildman–Crippen LogP) is -0.664. The van der Waals surface area contributed by atoms with Crippen LogP contribution in [0.1, 0.15) is 0 Å². The monoisotopic (exact) mass is 179 g/mol. The summed E-state index contributed by atoms with van der Waals surface area (Å²) in [5.74, 6) is 0. The first-order chi connectivity index (χ1) is 1.73. The molecule has 0 aliphatic carbocycles. The van der Waals surface area contributed by atoms with Gasteiger partial charge in [-0.3, -0.25) is 0 Å². The molecule has 0 rings (SSSR count). The summed E-state index contributed by atoms with van der Waals surface area (Å²) >= 11 is -2.86. The van der Waals surface area contributed by atoms with Crippen LogP contribution >= 0.6 is 0 Å². The third-order valence-electron chi connectivity index (χ3n) is 0. The number of rotatable bonds is 0. The standard InChI is InChI=1S/Mo.H2O3S/c;1-4(2)3/h;(H2,1,2,3)/p-1. The van der Waals surface area contributed by atoms with Crippen molar-refractivity contribution in [3.05, 3.63) is 0 Å². The quantitative estimate of drug-likeness (QED) is 0.394. The smallest absolute Gasteiger partial charge is 0.0814 e. The van der Waals surface area contributed by atoms with Crippen molar-refractivity contribution in [2.24, 2.45) is 0 Å². The molecule has 0 fully saturated rings. The SMILES string of the molecule is O=S([O-])O.[Mo]. The maximum Gasteiger partial charge on any atom is 0.0814 e. The van der Waals surface area contributed by atoms with E-state index in [1.165, 1.54) is 0 Å². The summed E-state index contributed by atoms with van der Waals surface area (Å²) in [6, 6.07) is 0. The minimum Gasteiger partial charge on any atom is -0.750 e. The van der Waals surface area contributed by atoms with Crippen molar-refractivity contribution in [2.45, 2.75) is 0 Å². The van der Waals surface area contributed by atoms with Crippen LogP contribution in [0.3, 0.4) is 0 Å². The molecule has 0 bridgehead atoms. The van der Waals surface area contributed by atoms with Gasteiger partial charge in [-0.2, -0.15) is 0 Å². The molecule has 0 heterocycles. The van der Waals surface area contributed by atoms with Gasteiger partial charge in [0.15, 0.2) is 0 Å². The van der Waals surface area contributed by atoms with Gasteiger partial charge in [-0.1, -0.05) is 0 Å². The van der Waals surface area contributed by atoms with Crippen molar-refractivity contribution < 1.29 is 34.4 Å². The van der Waals surface area contributed by atoms with Gasteiger partial charge in [0.1, 0.15) is 0 Å². The largest absolute Gasteiger partial charge is 0.750 e. The molecule has 0 aromatic carbocycles. The molecule has 0 spiro atoms. The van der Waals surface area contributed by atoms with E-state index in [9.17, 15) is 0 Å². The molecule has 5 heavy (non-hydrogen) atoms. The van der Waals surface area contributed by atoms with Gasteiger partial charge >= 0.3 is 0 Å². The van der Waals surface area contributed by atoms with E-state index in [0.29, 0.717) is 0 Å². The van der Waals surface area contributed by atoms with Crippen LogP contribution in [-0.2, 0) is 32.4 Å². The first kappa shape index (κ1) is 9.23. The van der Waals surface area contributed by atoms with Crippen molar-refractivity contribution in [1.29, 1.82) is 0 Å². The predicted molar refractivity (Wildman–Crippen MR) is 11.5 cm³/mol. The molecule has 3 nitrogen and oxygen atoms in total. The molecule has 0 aromatic rings. The number of hydrogen-bond acceptors (Lipinski definition) is 2. The molecule has 0 saturated heterocycles. The summed E-state index contributed by atoms with van der Waals surface area (Å²) in [7, 11) is 0. The van der Waals surface area contributed by atoms with Gasteiger partial charge in [-0.25, -0.2) is 4.21 Å². The van der Waals surface area contributed by atoms with Gasteiger partial charge in [0.05, 0.1) is 11.4 Å². The molecular weight excluding hydrogens is 176 g/mol. The fourth-order valence-electron chi connectivity index (χ4n) is 0. The van der Waals surface area contributed by atoms with Crippen molar-refractivity contribution in [3.63, 3.8) is 0 Å². The van der Waals surface area contributed by atoms with E-state index in [2.05, 4.69) is 0 Å². The van der Waals surface area contributed by atoms with Crippen molar-refractivity contribution in [3.8, 4) is 0 Å². The summed E-state index contributed by atoms with van der Waals surface area (Å²) < 4.78 is 24.1. The van der Waals surface area contributed by atoms with Crippen LogP contribution in [0.25, 0.3) is 0 Å². The van der Waals surface area contributed by atoms with Crippen molar-refractivity contribution in [2.75, 3.05) is 0 Å². The first-order valence-electron chi connectivity index (χ1n) is 0.516. The molecule has 0 aliphatic rings. The Morgan fingerprint density at radius 3 is 1.80 bits per heavy atom. The summed E-state index contributed by atoms with van der Waals surface area (Å²) in [6.45, 7) is 0. The summed E-state index contributed by atoms with van der Waals surface area (Å²) in [5, 5.41) is 0. The zero-order valence-corrected chi connectivity index (χ0v) is 4.90. The van der Waals surface area contributed by atoms with Gasteiger partial charge in [-0.15, -0.1) is 0 Å². The fourth-order valence-corrected chi connectivity index (χ4v) is 0. The zero-order valence-electron chi connectivity index (χ0n) is 2.08. The van der Waals surface area contributed by atoms with E-state index in [4.69, 9.17) is 13.3 Å². The second-order valence-electron chi connectivity index (χ2n) is 0.217. The van der Waals surface area contributed by atoms with Crippen LogP contribution in [0.5, 0.6) is 0 Å². The van der Waals surface area contributed by atoms with E-state index in [1.807, 2.05) is 0 Å². The molecule has 0 saturated carbocycles. The first-order valence-corrected chi connectivity index (χ1v) is 1.55. The molecular formula is HMoO3S-. The maximum atomic E-state index is 8.56. The van der Waals surface area contributed by atoms with E-state index < -0.39 is 11.4 Å². The molecule has 0 aliphatic heterocycles. The normalized spacial score (nSPS) is 12.4. The van der Waals surface area contributed by atoms with Gasteiger partial charge in [0, 0.05) is 21.1 Å². The van der Waals surface area contributed by atoms with E-state index in [-0.39, 0.29) is 21.1 Å². The molecule has 5 heteroatoms. The second-order valence-corrected chi connectivity index (χ2v) is 0.651.